The quantitative estimate of drug-likeness (QED) is 0.555. The van der Waals surface area contributed by atoms with Crippen molar-refractivity contribution in [3.05, 3.63) is 48.7 Å². The molecular formula is C23H23F3N4O2. The molecule has 0 bridgehead atoms. The lowest BCUT2D eigenvalue weighted by Crippen LogP contribution is -2.27. The minimum atomic E-state index is -2.74. The van der Waals surface area contributed by atoms with Gasteiger partial charge in [-0.2, -0.15) is 13.9 Å². The summed E-state index contributed by atoms with van der Waals surface area (Å²) in [4.78, 5) is 17.0. The second-order valence-corrected chi connectivity index (χ2v) is 8.58. The molecule has 2 aromatic heterocycles. The molecule has 168 valence electrons. The van der Waals surface area contributed by atoms with E-state index in [1.165, 1.54) is 18.3 Å². The van der Waals surface area contributed by atoms with Crippen molar-refractivity contribution in [2.45, 2.75) is 38.8 Å². The van der Waals surface area contributed by atoms with Gasteiger partial charge in [-0.25, -0.2) is 9.07 Å². The Kier molecular flexibility index (Phi) is 5.27. The highest BCUT2D eigenvalue weighted by molar-refractivity contribution is 5.92. The number of ether oxygens (including phenoxy) is 1. The molecule has 9 heteroatoms. The molecule has 1 N–H and O–H groups in total. The molecule has 3 aromatic rings. The van der Waals surface area contributed by atoms with Gasteiger partial charge in [0.15, 0.2) is 0 Å². The summed E-state index contributed by atoms with van der Waals surface area (Å²) in [7, 11) is 0. The van der Waals surface area contributed by atoms with E-state index in [-0.39, 0.29) is 35.4 Å². The van der Waals surface area contributed by atoms with Crippen LogP contribution in [0.5, 0.6) is 5.75 Å². The summed E-state index contributed by atoms with van der Waals surface area (Å²) in [5.41, 5.74) is 0.959. The van der Waals surface area contributed by atoms with E-state index < -0.39 is 6.55 Å². The minimum absolute atomic E-state index is 0.0139. The first-order valence-corrected chi connectivity index (χ1v) is 10.8. The van der Waals surface area contributed by atoms with Crippen molar-refractivity contribution < 1.29 is 22.7 Å². The van der Waals surface area contributed by atoms with E-state index in [2.05, 4.69) is 15.4 Å². The number of amides is 1. The van der Waals surface area contributed by atoms with Crippen molar-refractivity contribution in [1.82, 2.24) is 14.8 Å². The van der Waals surface area contributed by atoms with Crippen LogP contribution >= 0.6 is 0 Å². The molecule has 0 saturated heterocycles. The molecule has 2 heterocycles. The van der Waals surface area contributed by atoms with Gasteiger partial charge in [0.1, 0.15) is 11.6 Å². The third-order valence-electron chi connectivity index (χ3n) is 6.74. The maximum absolute atomic E-state index is 13.7. The van der Waals surface area contributed by atoms with Crippen molar-refractivity contribution in [2.75, 3.05) is 5.32 Å². The normalized spacial score (nSPS) is 25.0. The van der Waals surface area contributed by atoms with Crippen LogP contribution in [0.3, 0.4) is 0 Å². The molecule has 0 spiro atoms. The zero-order valence-electron chi connectivity index (χ0n) is 17.4. The minimum Gasteiger partial charge on any atom is -0.490 e. The Bertz CT molecular complexity index is 1140. The van der Waals surface area contributed by atoms with Gasteiger partial charge in [0.05, 0.1) is 29.7 Å². The predicted octanol–water partition coefficient (Wildman–Crippen LogP) is 5.03. The number of hydrogen-bond acceptors (Lipinski definition) is 4. The van der Waals surface area contributed by atoms with E-state index in [9.17, 15) is 18.0 Å². The van der Waals surface area contributed by atoms with Gasteiger partial charge in [-0.1, -0.05) is 6.92 Å². The summed E-state index contributed by atoms with van der Waals surface area (Å²) in [5, 5.41) is 6.93. The van der Waals surface area contributed by atoms with Crippen molar-refractivity contribution in [2.24, 2.45) is 23.7 Å². The Balaban J connectivity index is 1.21. The topological polar surface area (TPSA) is 69.0 Å². The van der Waals surface area contributed by atoms with Gasteiger partial charge < -0.3 is 10.1 Å². The van der Waals surface area contributed by atoms with Crippen LogP contribution in [-0.4, -0.2) is 26.8 Å². The largest absolute Gasteiger partial charge is 0.490 e. The number of benzene rings is 1. The second kappa shape index (κ2) is 8.11. The summed E-state index contributed by atoms with van der Waals surface area (Å²) < 4.78 is 45.8. The number of nitrogens with zero attached hydrogens (tertiary/aromatic N) is 3. The van der Waals surface area contributed by atoms with Crippen LogP contribution in [0.15, 0.2) is 42.9 Å². The predicted molar refractivity (Wildman–Crippen MR) is 112 cm³/mol. The fourth-order valence-corrected chi connectivity index (χ4v) is 5.29. The highest BCUT2D eigenvalue weighted by Crippen LogP contribution is 2.62. The van der Waals surface area contributed by atoms with E-state index >= 15 is 0 Å². The monoisotopic (exact) mass is 444 g/mol. The maximum Gasteiger partial charge on any atom is 0.333 e. The Labute approximate surface area is 182 Å². The Morgan fingerprint density at radius 1 is 1.28 bits per heavy atom. The van der Waals surface area contributed by atoms with Gasteiger partial charge >= 0.3 is 6.55 Å². The number of aromatic nitrogens is 3. The third-order valence-corrected chi connectivity index (χ3v) is 6.74. The molecule has 6 nitrogen and oxygen atoms in total. The molecule has 1 amide bonds. The highest BCUT2D eigenvalue weighted by Gasteiger charge is 2.60. The number of alkyl halides is 2. The summed E-state index contributed by atoms with van der Waals surface area (Å²) in [6.45, 7) is -0.775. The first kappa shape index (κ1) is 20.8. The fraction of sp³-hybridized carbons (Fsp3) is 0.435. The molecule has 0 radical (unpaired) electrons. The second-order valence-electron chi connectivity index (χ2n) is 8.58. The average molecular weight is 444 g/mol. The number of rotatable bonds is 7. The first-order valence-electron chi connectivity index (χ1n) is 10.8. The van der Waals surface area contributed by atoms with Crippen LogP contribution in [0, 0.1) is 29.5 Å². The van der Waals surface area contributed by atoms with Crippen LogP contribution < -0.4 is 10.1 Å². The van der Waals surface area contributed by atoms with E-state index in [0.29, 0.717) is 39.6 Å². The van der Waals surface area contributed by atoms with Crippen LogP contribution in [0.25, 0.3) is 10.9 Å². The summed E-state index contributed by atoms with van der Waals surface area (Å²) in [5.74, 6) is 0.995. The molecule has 5 rings (SSSR count). The number of anilines is 1. The van der Waals surface area contributed by atoms with Crippen molar-refractivity contribution in [3.63, 3.8) is 0 Å². The number of carbonyl (C=O) groups is 1. The molecule has 1 unspecified atom stereocenters. The first-order chi connectivity index (χ1) is 15.4. The van der Waals surface area contributed by atoms with Gasteiger partial charge in [0.2, 0.25) is 5.91 Å². The van der Waals surface area contributed by atoms with Gasteiger partial charge in [0, 0.05) is 17.5 Å². The van der Waals surface area contributed by atoms with Gasteiger partial charge in [0.25, 0.3) is 0 Å². The number of pyridine rings is 1. The Hall–Kier alpha value is -3.10. The van der Waals surface area contributed by atoms with Crippen LogP contribution in [0.4, 0.5) is 18.9 Å². The van der Waals surface area contributed by atoms with Crippen LogP contribution in [0.1, 0.15) is 32.7 Å². The number of fused-ring (bicyclic) bond motifs is 2. The lowest BCUT2D eigenvalue weighted by molar-refractivity contribution is -0.121. The number of halogens is 3. The summed E-state index contributed by atoms with van der Waals surface area (Å²) >= 11 is 0. The van der Waals surface area contributed by atoms with Crippen LogP contribution in [-0.2, 0) is 4.79 Å². The average Bonchev–Trinajstić information content (AvgIpc) is 3.11. The lowest BCUT2D eigenvalue weighted by atomic mass is 9.93. The molecule has 2 aliphatic rings. The Morgan fingerprint density at radius 2 is 2.06 bits per heavy atom. The molecule has 32 heavy (non-hydrogen) atoms. The lowest BCUT2D eigenvalue weighted by Gasteiger charge is -2.21. The van der Waals surface area contributed by atoms with Gasteiger partial charge in [-0.05, 0) is 61.3 Å². The SMILES string of the molecule is CCC(C(=O)Nc1cnn(C(F)F)c1)[C@H]1[C@@H]2C[C@@H](Oc3ccnc4ccc(F)cc34)C[C@@H]21. The molecule has 2 fully saturated rings. The molecule has 1 aromatic carbocycles. The molecule has 0 aliphatic heterocycles. The van der Waals surface area contributed by atoms with E-state index in [1.807, 2.05) is 6.92 Å². The molecule has 2 saturated carbocycles. The summed E-state index contributed by atoms with van der Waals surface area (Å²) in [6.07, 6.45) is 6.38. The number of carbonyl (C=O) groups excluding carboxylic acids is 1. The van der Waals surface area contributed by atoms with Gasteiger partial charge in [-0.15, -0.1) is 0 Å². The van der Waals surface area contributed by atoms with Crippen molar-refractivity contribution in [1.29, 1.82) is 0 Å². The van der Waals surface area contributed by atoms with Gasteiger partial charge in [-0.3, -0.25) is 9.78 Å². The zero-order valence-corrected chi connectivity index (χ0v) is 17.4. The molecular weight excluding hydrogens is 421 g/mol. The number of hydrogen-bond donors (Lipinski definition) is 1. The van der Waals surface area contributed by atoms with Crippen molar-refractivity contribution >= 4 is 22.5 Å². The summed E-state index contributed by atoms with van der Waals surface area (Å²) in [6, 6.07) is 6.20. The van der Waals surface area contributed by atoms with Crippen molar-refractivity contribution in [3.8, 4) is 5.75 Å². The molecule has 5 atom stereocenters. The highest BCUT2D eigenvalue weighted by atomic mass is 19.3. The van der Waals surface area contributed by atoms with E-state index in [4.69, 9.17) is 4.74 Å². The standard InChI is InChI=1S/C23H23F3N4O2/c1-2-15(22(31)29-13-10-28-30(11-13)23(25)26)21-16-8-14(9-17(16)21)32-20-5-6-27-19-4-3-12(24)7-18(19)20/h3-7,10-11,14-17,21,23H,2,8-9H2,1H3,(H,29,31)/t14-,15?,16-,17+,21+. The fourth-order valence-electron chi connectivity index (χ4n) is 5.29. The number of nitrogens with one attached hydrogen (secondary N) is 1. The zero-order chi connectivity index (χ0) is 22.4. The smallest absolute Gasteiger partial charge is 0.333 e. The van der Waals surface area contributed by atoms with E-state index in [1.54, 1.807) is 18.3 Å². The van der Waals surface area contributed by atoms with E-state index in [0.717, 1.165) is 19.0 Å². The third kappa shape index (κ3) is 3.80. The Morgan fingerprint density at radius 3 is 2.75 bits per heavy atom. The van der Waals surface area contributed by atoms with Crippen LogP contribution in [0.2, 0.25) is 0 Å². The molecule has 2 aliphatic carbocycles. The maximum atomic E-state index is 13.7.